The largest absolute Gasteiger partial charge is 0.416 e. The van der Waals surface area contributed by atoms with Crippen molar-refractivity contribution in [1.82, 2.24) is 19.5 Å². The van der Waals surface area contributed by atoms with Crippen LogP contribution in [-0.2, 0) is 6.18 Å². The first-order valence-electron chi connectivity index (χ1n) is 11.5. The summed E-state index contributed by atoms with van der Waals surface area (Å²) in [5.41, 5.74) is 2.01. The number of aromatic nitrogens is 3. The van der Waals surface area contributed by atoms with Crippen LogP contribution in [0, 0.1) is 6.92 Å². The highest BCUT2D eigenvalue weighted by Crippen LogP contribution is 2.35. The standard InChI is InChI=1S/C26H23BrF3N5O/c1-16-7-8-19(26(28,29)30)13-22(16)33-23-20(14-31-24-21(27)15-32-35(23)24)25(36)34-11-9-18(10-12-34)17-5-3-2-4-6-17/h2-8,13-15,18,33H,9-12H2,1H3. The number of piperidine rings is 1. The third kappa shape index (κ3) is 4.69. The van der Waals surface area contributed by atoms with Gasteiger partial charge in [-0.2, -0.15) is 22.8 Å². The number of halogens is 4. The minimum absolute atomic E-state index is 0.237. The van der Waals surface area contributed by atoms with Gasteiger partial charge in [-0.1, -0.05) is 36.4 Å². The number of aryl methyl sites for hydroxylation is 1. The number of carbonyl (C=O) groups excluding carboxylic acids is 1. The van der Waals surface area contributed by atoms with E-state index in [4.69, 9.17) is 0 Å². The summed E-state index contributed by atoms with van der Waals surface area (Å²) in [7, 11) is 0. The minimum Gasteiger partial charge on any atom is -0.339 e. The molecule has 0 bridgehead atoms. The van der Waals surface area contributed by atoms with Crippen LogP contribution in [0.25, 0.3) is 5.65 Å². The lowest BCUT2D eigenvalue weighted by atomic mass is 9.89. The maximum atomic E-state index is 13.6. The molecule has 10 heteroatoms. The van der Waals surface area contributed by atoms with Gasteiger partial charge in [0, 0.05) is 25.0 Å². The first kappa shape index (κ1) is 24.3. The van der Waals surface area contributed by atoms with Crippen molar-refractivity contribution in [2.75, 3.05) is 18.4 Å². The highest BCUT2D eigenvalue weighted by Gasteiger charge is 2.32. The van der Waals surface area contributed by atoms with Gasteiger partial charge in [0.2, 0.25) is 0 Å². The molecule has 2 aromatic carbocycles. The molecule has 3 heterocycles. The molecule has 1 amide bonds. The number of likely N-dealkylation sites (tertiary alicyclic amines) is 1. The van der Waals surface area contributed by atoms with Crippen LogP contribution < -0.4 is 5.32 Å². The number of anilines is 2. The maximum Gasteiger partial charge on any atom is 0.416 e. The summed E-state index contributed by atoms with van der Waals surface area (Å²) >= 11 is 3.39. The minimum atomic E-state index is -4.49. The van der Waals surface area contributed by atoms with E-state index in [-0.39, 0.29) is 23.0 Å². The Hall–Kier alpha value is -3.40. The zero-order valence-electron chi connectivity index (χ0n) is 19.4. The Labute approximate surface area is 214 Å². The van der Waals surface area contributed by atoms with Gasteiger partial charge in [-0.25, -0.2) is 4.98 Å². The molecule has 1 fully saturated rings. The number of rotatable bonds is 4. The number of carbonyl (C=O) groups is 1. The predicted molar refractivity (Wildman–Crippen MR) is 134 cm³/mol. The van der Waals surface area contributed by atoms with Gasteiger partial charge in [0.25, 0.3) is 5.91 Å². The number of nitrogens with one attached hydrogen (secondary N) is 1. The Morgan fingerprint density at radius 1 is 1.08 bits per heavy atom. The number of benzene rings is 2. The number of amides is 1. The van der Waals surface area contributed by atoms with Crippen LogP contribution >= 0.6 is 15.9 Å². The van der Waals surface area contributed by atoms with Crippen molar-refractivity contribution in [1.29, 1.82) is 0 Å². The fraction of sp³-hybridized carbons (Fsp3) is 0.269. The molecule has 0 radical (unpaired) electrons. The normalized spacial score (nSPS) is 14.9. The van der Waals surface area contributed by atoms with E-state index >= 15 is 0 Å². The van der Waals surface area contributed by atoms with Gasteiger partial charge in [-0.3, -0.25) is 4.79 Å². The fourth-order valence-corrected chi connectivity index (χ4v) is 4.91. The first-order valence-corrected chi connectivity index (χ1v) is 12.3. The second kappa shape index (κ2) is 9.57. The summed E-state index contributed by atoms with van der Waals surface area (Å²) in [5.74, 6) is 0.404. The quantitative estimate of drug-likeness (QED) is 0.307. The molecule has 6 nitrogen and oxygen atoms in total. The van der Waals surface area contributed by atoms with Gasteiger partial charge in [0.15, 0.2) is 5.65 Å². The monoisotopic (exact) mass is 557 g/mol. The fourth-order valence-electron chi connectivity index (χ4n) is 4.55. The van der Waals surface area contributed by atoms with Crippen LogP contribution in [0.4, 0.5) is 24.7 Å². The molecule has 0 unspecified atom stereocenters. The molecular weight excluding hydrogens is 535 g/mol. The average molecular weight is 558 g/mol. The Morgan fingerprint density at radius 3 is 2.50 bits per heavy atom. The molecule has 1 N–H and O–H groups in total. The molecule has 0 spiro atoms. The van der Waals surface area contributed by atoms with Crippen molar-refractivity contribution in [3.63, 3.8) is 0 Å². The van der Waals surface area contributed by atoms with E-state index in [1.807, 2.05) is 18.2 Å². The van der Waals surface area contributed by atoms with Crippen LogP contribution in [0.5, 0.6) is 0 Å². The lowest BCUT2D eigenvalue weighted by Gasteiger charge is -2.32. The van der Waals surface area contributed by atoms with Crippen LogP contribution in [0.3, 0.4) is 0 Å². The molecule has 1 saturated heterocycles. The summed E-state index contributed by atoms with van der Waals surface area (Å²) in [6.07, 6.45) is 0.154. The Bertz CT molecular complexity index is 1410. The molecule has 0 saturated carbocycles. The van der Waals surface area contributed by atoms with Crippen molar-refractivity contribution in [2.24, 2.45) is 0 Å². The van der Waals surface area contributed by atoms with Crippen molar-refractivity contribution < 1.29 is 18.0 Å². The van der Waals surface area contributed by atoms with Gasteiger partial charge >= 0.3 is 6.18 Å². The second-order valence-corrected chi connectivity index (χ2v) is 9.73. The van der Waals surface area contributed by atoms with Gasteiger partial charge in [-0.05, 0) is 64.9 Å². The zero-order valence-corrected chi connectivity index (χ0v) is 21.0. The van der Waals surface area contributed by atoms with E-state index < -0.39 is 11.7 Å². The Balaban J connectivity index is 1.47. The van der Waals surface area contributed by atoms with Crippen LogP contribution in [0.15, 0.2) is 65.4 Å². The van der Waals surface area contributed by atoms with E-state index in [9.17, 15) is 18.0 Å². The summed E-state index contributed by atoms with van der Waals surface area (Å²) in [4.78, 5) is 19.8. The lowest BCUT2D eigenvalue weighted by Crippen LogP contribution is -2.38. The van der Waals surface area contributed by atoms with Gasteiger partial charge in [0.05, 0.1) is 16.2 Å². The van der Waals surface area contributed by atoms with Gasteiger partial charge in [-0.15, -0.1) is 0 Å². The first-order chi connectivity index (χ1) is 17.2. The third-order valence-electron chi connectivity index (χ3n) is 6.59. The number of hydrogen-bond donors (Lipinski definition) is 1. The molecule has 186 valence electrons. The van der Waals surface area contributed by atoms with E-state index in [0.29, 0.717) is 34.7 Å². The number of fused-ring (bicyclic) bond motifs is 1. The number of nitrogens with zero attached hydrogens (tertiary/aromatic N) is 4. The lowest BCUT2D eigenvalue weighted by molar-refractivity contribution is -0.137. The third-order valence-corrected chi connectivity index (χ3v) is 7.14. The summed E-state index contributed by atoms with van der Waals surface area (Å²) < 4.78 is 42.2. The SMILES string of the molecule is Cc1ccc(C(F)(F)F)cc1Nc1c(C(=O)N2CCC(c3ccccc3)CC2)cnc2c(Br)cnn12. The Kier molecular flexibility index (Phi) is 6.46. The maximum absolute atomic E-state index is 13.6. The van der Waals surface area contributed by atoms with Crippen molar-refractivity contribution >= 4 is 39.0 Å². The zero-order chi connectivity index (χ0) is 25.4. The van der Waals surface area contributed by atoms with E-state index in [1.54, 1.807) is 11.8 Å². The number of hydrogen-bond acceptors (Lipinski definition) is 4. The van der Waals surface area contributed by atoms with Crippen molar-refractivity contribution in [3.05, 3.63) is 87.7 Å². The smallest absolute Gasteiger partial charge is 0.339 e. The molecule has 5 rings (SSSR count). The molecule has 1 aliphatic heterocycles. The van der Waals surface area contributed by atoms with E-state index in [2.05, 4.69) is 43.5 Å². The molecule has 1 aliphatic rings. The molecule has 0 atom stereocenters. The van der Waals surface area contributed by atoms with Crippen molar-refractivity contribution in [2.45, 2.75) is 31.9 Å². The average Bonchev–Trinajstić information content (AvgIpc) is 3.26. The topological polar surface area (TPSA) is 62.5 Å². The molecular formula is C26H23BrF3N5O. The second-order valence-electron chi connectivity index (χ2n) is 8.88. The van der Waals surface area contributed by atoms with E-state index in [0.717, 1.165) is 25.0 Å². The van der Waals surface area contributed by atoms with Crippen LogP contribution in [0.2, 0.25) is 0 Å². The molecule has 2 aromatic heterocycles. The number of alkyl halides is 3. The summed E-state index contributed by atoms with van der Waals surface area (Å²) in [5, 5.41) is 7.36. The summed E-state index contributed by atoms with van der Waals surface area (Å²) in [6, 6.07) is 13.7. The predicted octanol–water partition coefficient (Wildman–Crippen LogP) is 6.58. The molecule has 4 aromatic rings. The summed E-state index contributed by atoms with van der Waals surface area (Å²) in [6.45, 7) is 2.85. The molecule has 0 aliphatic carbocycles. The van der Waals surface area contributed by atoms with Crippen LogP contribution in [0.1, 0.15) is 45.8 Å². The highest BCUT2D eigenvalue weighted by atomic mass is 79.9. The highest BCUT2D eigenvalue weighted by molar-refractivity contribution is 9.10. The van der Waals surface area contributed by atoms with Crippen LogP contribution in [-0.4, -0.2) is 38.5 Å². The van der Waals surface area contributed by atoms with Gasteiger partial charge < -0.3 is 10.2 Å². The van der Waals surface area contributed by atoms with Crippen molar-refractivity contribution in [3.8, 4) is 0 Å². The Morgan fingerprint density at radius 2 is 1.81 bits per heavy atom. The van der Waals surface area contributed by atoms with Gasteiger partial charge in [0.1, 0.15) is 11.4 Å². The molecule has 36 heavy (non-hydrogen) atoms. The van der Waals surface area contributed by atoms with E-state index in [1.165, 1.54) is 28.5 Å².